The molecule has 4 atom stereocenters. The monoisotopic (exact) mass is 416 g/mol. The molecule has 2 saturated heterocycles. The Morgan fingerprint density at radius 1 is 1.20 bits per heavy atom. The Bertz CT molecular complexity index is 731. The highest BCUT2D eigenvalue weighted by atomic mass is 16.2. The minimum Gasteiger partial charge on any atom is -0.353 e. The van der Waals surface area contributed by atoms with E-state index in [1.165, 1.54) is 11.4 Å². The lowest BCUT2D eigenvalue weighted by molar-refractivity contribution is -0.158. The summed E-state index contributed by atoms with van der Waals surface area (Å²) in [6.45, 7) is 2.47. The molecule has 30 heavy (non-hydrogen) atoms. The van der Waals surface area contributed by atoms with E-state index in [9.17, 15) is 14.4 Å². The topological polar surface area (TPSA) is 109 Å². The summed E-state index contributed by atoms with van der Waals surface area (Å²) < 4.78 is 0. The van der Waals surface area contributed by atoms with Crippen molar-refractivity contribution in [3.05, 3.63) is 0 Å². The molecule has 9 heteroatoms. The van der Waals surface area contributed by atoms with Gasteiger partial charge in [-0.3, -0.25) is 14.5 Å². The molecule has 0 radical (unpaired) electrons. The number of nitriles is 1. The van der Waals surface area contributed by atoms with Crippen LogP contribution in [0.2, 0.25) is 0 Å². The van der Waals surface area contributed by atoms with E-state index in [4.69, 9.17) is 5.26 Å². The minimum atomic E-state index is -0.570. The Labute approximate surface area is 177 Å². The molecule has 4 unspecified atom stereocenters. The average Bonchev–Trinajstić information content (AvgIpc) is 3.08. The fourth-order valence-corrected chi connectivity index (χ4v) is 5.58. The van der Waals surface area contributed by atoms with Gasteiger partial charge in [-0.05, 0) is 38.5 Å². The van der Waals surface area contributed by atoms with Gasteiger partial charge in [0.05, 0.1) is 12.0 Å². The van der Waals surface area contributed by atoms with Crippen molar-refractivity contribution in [1.29, 1.82) is 5.26 Å². The lowest BCUT2D eigenvalue weighted by Gasteiger charge is -2.49. The normalized spacial score (nSPS) is 31.9. The molecule has 0 bridgehead atoms. The molecule has 4 aliphatic rings. The molecule has 9 nitrogen and oxygen atoms in total. The summed E-state index contributed by atoms with van der Waals surface area (Å²) in [5.74, 6) is -0.348. The average molecular weight is 417 g/mol. The highest BCUT2D eigenvalue weighted by molar-refractivity contribution is 5.87. The zero-order chi connectivity index (χ0) is 21.3. The van der Waals surface area contributed by atoms with E-state index in [2.05, 4.69) is 10.7 Å². The third-order valence-corrected chi connectivity index (χ3v) is 7.07. The third-order valence-electron chi connectivity index (χ3n) is 7.07. The first-order chi connectivity index (χ1) is 14.5. The van der Waals surface area contributed by atoms with E-state index < -0.39 is 6.29 Å². The number of fused-ring (bicyclic) bond motifs is 3. The SMILES string of the molecule is CCCN1C(=O)C2CCC(C(=O)NC3CCCCC3)CC2N2C(=O)N(CC#N)NC12. The molecule has 4 rings (SSSR count). The number of carbonyl (C=O) groups excluding carboxylic acids is 3. The second kappa shape index (κ2) is 8.80. The fourth-order valence-electron chi connectivity index (χ4n) is 5.58. The van der Waals surface area contributed by atoms with Crippen LogP contribution in [0.25, 0.3) is 0 Å². The second-order valence-electron chi connectivity index (χ2n) is 9.00. The van der Waals surface area contributed by atoms with E-state index in [0.29, 0.717) is 25.8 Å². The molecule has 0 aromatic rings. The van der Waals surface area contributed by atoms with Gasteiger partial charge in [0.1, 0.15) is 6.54 Å². The Morgan fingerprint density at radius 3 is 2.67 bits per heavy atom. The Balaban J connectivity index is 1.51. The van der Waals surface area contributed by atoms with Crippen molar-refractivity contribution in [2.45, 2.75) is 83.1 Å². The van der Waals surface area contributed by atoms with Crippen molar-refractivity contribution < 1.29 is 14.4 Å². The predicted octanol–water partition coefficient (Wildman–Crippen LogP) is 1.52. The van der Waals surface area contributed by atoms with Crippen LogP contribution in [0.15, 0.2) is 0 Å². The van der Waals surface area contributed by atoms with Gasteiger partial charge in [0, 0.05) is 24.5 Å². The summed E-state index contributed by atoms with van der Waals surface area (Å²) >= 11 is 0. The number of rotatable bonds is 5. The van der Waals surface area contributed by atoms with Crippen molar-refractivity contribution in [2.24, 2.45) is 11.8 Å². The summed E-state index contributed by atoms with van der Waals surface area (Å²) in [5.41, 5.74) is 3.04. The zero-order valence-electron chi connectivity index (χ0n) is 17.7. The predicted molar refractivity (Wildman–Crippen MR) is 108 cm³/mol. The first-order valence-corrected chi connectivity index (χ1v) is 11.4. The smallest absolute Gasteiger partial charge is 0.338 e. The molecule has 2 saturated carbocycles. The highest BCUT2D eigenvalue weighted by Gasteiger charge is 2.55. The van der Waals surface area contributed by atoms with Gasteiger partial charge in [-0.15, -0.1) is 0 Å². The van der Waals surface area contributed by atoms with Crippen molar-refractivity contribution in [1.82, 2.24) is 25.6 Å². The van der Waals surface area contributed by atoms with E-state index in [-0.39, 0.29) is 48.3 Å². The summed E-state index contributed by atoms with van der Waals surface area (Å²) in [5, 5.41) is 13.6. The molecule has 164 valence electrons. The number of carbonyl (C=O) groups is 3. The quantitative estimate of drug-likeness (QED) is 0.661. The maximum atomic E-state index is 13.2. The minimum absolute atomic E-state index is 0.0494. The number of hydrogen-bond acceptors (Lipinski definition) is 5. The maximum absolute atomic E-state index is 13.2. The molecule has 4 amide bonds. The van der Waals surface area contributed by atoms with Gasteiger partial charge in [-0.2, -0.15) is 10.7 Å². The van der Waals surface area contributed by atoms with Crippen molar-refractivity contribution in [3.8, 4) is 6.07 Å². The van der Waals surface area contributed by atoms with Crippen LogP contribution in [0.1, 0.15) is 64.7 Å². The fraction of sp³-hybridized carbons (Fsp3) is 0.810. The van der Waals surface area contributed by atoms with E-state index in [0.717, 1.165) is 32.1 Å². The Hall–Kier alpha value is -2.34. The lowest BCUT2D eigenvalue weighted by Crippen LogP contribution is -2.67. The standard InChI is InChI=1S/C21H32N6O3/c1-2-11-25-19(29)16-9-8-14(18(28)23-15-6-4-3-5-7-15)13-17(16)27-20(25)24-26(12-10-22)21(27)30/h14-17,20,24H,2-9,11-13H2,1H3,(H,23,28). The molecule has 2 aliphatic carbocycles. The summed E-state index contributed by atoms with van der Waals surface area (Å²) in [6, 6.07) is 1.67. The molecule has 0 aromatic heterocycles. The largest absolute Gasteiger partial charge is 0.353 e. The van der Waals surface area contributed by atoms with E-state index >= 15 is 0 Å². The van der Waals surface area contributed by atoms with Crippen LogP contribution in [0.3, 0.4) is 0 Å². The van der Waals surface area contributed by atoms with Crippen LogP contribution in [-0.4, -0.2) is 64.1 Å². The summed E-state index contributed by atoms with van der Waals surface area (Å²) in [6.07, 6.45) is 7.63. The summed E-state index contributed by atoms with van der Waals surface area (Å²) in [4.78, 5) is 42.6. The van der Waals surface area contributed by atoms with E-state index in [1.807, 2.05) is 13.0 Å². The summed E-state index contributed by atoms with van der Waals surface area (Å²) in [7, 11) is 0. The molecular formula is C21H32N6O3. The Kier molecular flexibility index (Phi) is 6.14. The zero-order valence-corrected chi connectivity index (χ0v) is 17.7. The van der Waals surface area contributed by atoms with Crippen LogP contribution in [0.5, 0.6) is 0 Å². The van der Waals surface area contributed by atoms with Gasteiger partial charge >= 0.3 is 6.03 Å². The number of hydrazine groups is 1. The van der Waals surface area contributed by atoms with Crippen molar-refractivity contribution in [2.75, 3.05) is 13.1 Å². The number of nitrogens with zero attached hydrogens (tertiary/aromatic N) is 4. The number of urea groups is 1. The van der Waals surface area contributed by atoms with Gasteiger partial charge < -0.3 is 10.2 Å². The number of hydrogen-bond donors (Lipinski definition) is 2. The van der Waals surface area contributed by atoms with Crippen LogP contribution >= 0.6 is 0 Å². The molecule has 4 fully saturated rings. The van der Waals surface area contributed by atoms with Gasteiger partial charge in [-0.25, -0.2) is 9.80 Å². The molecule has 0 aromatic carbocycles. The first-order valence-electron chi connectivity index (χ1n) is 11.4. The lowest BCUT2D eigenvalue weighted by atomic mass is 9.75. The molecule has 2 aliphatic heterocycles. The first kappa shape index (κ1) is 20.9. The van der Waals surface area contributed by atoms with Gasteiger partial charge in [0.2, 0.25) is 11.8 Å². The van der Waals surface area contributed by atoms with Gasteiger partial charge in [0.25, 0.3) is 0 Å². The molecule has 2 heterocycles. The van der Waals surface area contributed by atoms with Crippen LogP contribution < -0.4 is 10.7 Å². The second-order valence-corrected chi connectivity index (χ2v) is 9.00. The van der Waals surface area contributed by atoms with Crippen LogP contribution in [-0.2, 0) is 9.59 Å². The number of nitrogens with one attached hydrogen (secondary N) is 2. The van der Waals surface area contributed by atoms with Crippen molar-refractivity contribution in [3.63, 3.8) is 0 Å². The van der Waals surface area contributed by atoms with Crippen molar-refractivity contribution >= 4 is 17.8 Å². The maximum Gasteiger partial charge on any atom is 0.338 e. The number of amides is 4. The van der Waals surface area contributed by atoms with E-state index in [1.54, 1.807) is 9.80 Å². The third kappa shape index (κ3) is 3.73. The molecule has 0 spiro atoms. The van der Waals surface area contributed by atoms with Crippen LogP contribution in [0.4, 0.5) is 4.79 Å². The van der Waals surface area contributed by atoms with Crippen LogP contribution in [0, 0.1) is 23.2 Å². The molecule has 2 N–H and O–H groups in total. The van der Waals surface area contributed by atoms with Gasteiger partial charge in [0.15, 0.2) is 6.29 Å². The Morgan fingerprint density at radius 2 is 1.97 bits per heavy atom. The van der Waals surface area contributed by atoms with Gasteiger partial charge in [-0.1, -0.05) is 26.2 Å². The molecular weight excluding hydrogens is 384 g/mol. The highest BCUT2D eigenvalue weighted by Crippen LogP contribution is 2.40.